The maximum atomic E-state index is 11.7. The van der Waals surface area contributed by atoms with Crippen molar-refractivity contribution in [3.63, 3.8) is 0 Å². The number of allylic oxidation sites excluding steroid dienone is 4. The molecule has 0 heterocycles. The minimum atomic E-state index is -0.340. The Kier molecular flexibility index (Phi) is 2.68. The summed E-state index contributed by atoms with van der Waals surface area (Å²) in [5, 5.41) is 0.0578. The summed E-state index contributed by atoms with van der Waals surface area (Å²) < 4.78 is 0. The highest BCUT2D eigenvalue weighted by Gasteiger charge is 2.31. The van der Waals surface area contributed by atoms with E-state index in [0.29, 0.717) is 11.1 Å². The number of Topliss-reactive ketones (excluding diaryl/α,β-unsaturated/α-hetero) is 1. The second-order valence-corrected chi connectivity index (χ2v) is 4.82. The third kappa shape index (κ3) is 1.80. The zero-order valence-corrected chi connectivity index (χ0v) is 9.53. The molecule has 0 saturated carbocycles. The predicted octanol–water partition coefficient (Wildman–Crippen LogP) is 2.62. The summed E-state index contributed by atoms with van der Waals surface area (Å²) in [4.78, 5) is 23.2. The van der Waals surface area contributed by atoms with Crippen molar-refractivity contribution in [2.24, 2.45) is 5.41 Å². The van der Waals surface area contributed by atoms with Gasteiger partial charge in [0.05, 0.1) is 5.03 Å². The van der Waals surface area contributed by atoms with Crippen LogP contribution in [0.4, 0.5) is 0 Å². The molecule has 0 spiro atoms. The topological polar surface area (TPSA) is 34.1 Å². The fourth-order valence-corrected chi connectivity index (χ4v) is 1.45. The average molecular weight is 213 g/mol. The monoisotopic (exact) mass is 212 g/mol. The SMILES string of the molecule is CC1=C(Cl)C(=O)C(C(C)(C)C)=CC1=O. The van der Waals surface area contributed by atoms with Crippen LogP contribution in [-0.2, 0) is 9.59 Å². The Hall–Kier alpha value is -0.890. The van der Waals surface area contributed by atoms with Gasteiger partial charge in [0.1, 0.15) is 0 Å². The minimum absolute atomic E-state index is 0.0578. The molecule has 0 aromatic heterocycles. The van der Waals surface area contributed by atoms with Crippen LogP contribution in [0, 0.1) is 5.41 Å². The number of hydrogen-bond donors (Lipinski definition) is 0. The molecule has 1 aliphatic rings. The number of hydrogen-bond acceptors (Lipinski definition) is 2. The quantitative estimate of drug-likeness (QED) is 0.579. The Morgan fingerprint density at radius 3 is 2.14 bits per heavy atom. The van der Waals surface area contributed by atoms with E-state index in [2.05, 4.69) is 0 Å². The lowest BCUT2D eigenvalue weighted by Gasteiger charge is -2.24. The Morgan fingerprint density at radius 2 is 1.71 bits per heavy atom. The van der Waals surface area contributed by atoms with Gasteiger partial charge in [-0.2, -0.15) is 0 Å². The second kappa shape index (κ2) is 3.35. The van der Waals surface area contributed by atoms with Crippen LogP contribution in [0.15, 0.2) is 22.3 Å². The van der Waals surface area contributed by atoms with Gasteiger partial charge in [-0.05, 0) is 18.4 Å². The molecule has 0 bridgehead atoms. The summed E-state index contributed by atoms with van der Waals surface area (Å²) in [7, 11) is 0. The zero-order valence-electron chi connectivity index (χ0n) is 8.77. The predicted molar refractivity (Wildman–Crippen MR) is 56.1 cm³/mol. The molecule has 0 saturated heterocycles. The van der Waals surface area contributed by atoms with Gasteiger partial charge in [-0.3, -0.25) is 9.59 Å². The smallest absolute Gasteiger partial charge is 0.201 e. The third-order valence-corrected chi connectivity index (χ3v) is 2.68. The van der Waals surface area contributed by atoms with Crippen LogP contribution in [-0.4, -0.2) is 11.6 Å². The first-order chi connectivity index (χ1) is 6.25. The molecule has 0 radical (unpaired) electrons. The van der Waals surface area contributed by atoms with Crippen molar-refractivity contribution < 1.29 is 9.59 Å². The summed E-state index contributed by atoms with van der Waals surface area (Å²) in [6.07, 6.45) is 1.39. The highest BCUT2D eigenvalue weighted by atomic mass is 35.5. The Balaban J connectivity index is 3.24. The molecule has 0 fully saturated rings. The molecule has 76 valence electrons. The van der Waals surface area contributed by atoms with Crippen LogP contribution in [0.2, 0.25) is 0 Å². The molecule has 3 heteroatoms. The van der Waals surface area contributed by atoms with Crippen LogP contribution >= 0.6 is 11.6 Å². The maximum absolute atomic E-state index is 11.7. The van der Waals surface area contributed by atoms with E-state index in [0.717, 1.165) is 0 Å². The molecular weight excluding hydrogens is 200 g/mol. The van der Waals surface area contributed by atoms with Crippen molar-refractivity contribution >= 4 is 23.2 Å². The van der Waals surface area contributed by atoms with Crippen molar-refractivity contribution in [1.82, 2.24) is 0 Å². The Morgan fingerprint density at radius 1 is 1.21 bits per heavy atom. The summed E-state index contributed by atoms with van der Waals surface area (Å²) >= 11 is 5.78. The van der Waals surface area contributed by atoms with Gasteiger partial charge in [0.15, 0.2) is 5.78 Å². The summed E-state index contributed by atoms with van der Waals surface area (Å²) in [5.41, 5.74) is 0.482. The van der Waals surface area contributed by atoms with Crippen molar-refractivity contribution in [1.29, 1.82) is 0 Å². The van der Waals surface area contributed by atoms with E-state index in [1.165, 1.54) is 6.08 Å². The molecule has 0 N–H and O–H groups in total. The lowest BCUT2D eigenvalue weighted by atomic mass is 9.80. The third-order valence-electron chi connectivity index (χ3n) is 2.23. The first-order valence-electron chi connectivity index (χ1n) is 4.42. The van der Waals surface area contributed by atoms with Crippen molar-refractivity contribution in [3.8, 4) is 0 Å². The van der Waals surface area contributed by atoms with Crippen LogP contribution < -0.4 is 0 Å². The second-order valence-electron chi connectivity index (χ2n) is 4.44. The maximum Gasteiger partial charge on any atom is 0.201 e. The number of ketones is 2. The van der Waals surface area contributed by atoms with E-state index in [1.807, 2.05) is 20.8 Å². The lowest BCUT2D eigenvalue weighted by Crippen LogP contribution is -2.24. The molecule has 0 atom stereocenters. The van der Waals surface area contributed by atoms with Gasteiger partial charge in [0.25, 0.3) is 0 Å². The highest BCUT2D eigenvalue weighted by Crippen LogP contribution is 2.33. The molecule has 0 amide bonds. The fraction of sp³-hybridized carbons (Fsp3) is 0.455. The molecule has 1 aliphatic carbocycles. The molecule has 14 heavy (non-hydrogen) atoms. The normalized spacial score (nSPS) is 18.8. The molecular formula is C11H13ClO2. The van der Waals surface area contributed by atoms with E-state index in [9.17, 15) is 9.59 Å². The van der Waals surface area contributed by atoms with Gasteiger partial charge in [-0.25, -0.2) is 0 Å². The Bertz CT molecular complexity index is 367. The van der Waals surface area contributed by atoms with Gasteiger partial charge in [-0.15, -0.1) is 0 Å². The van der Waals surface area contributed by atoms with Gasteiger partial charge in [0, 0.05) is 11.1 Å². The highest BCUT2D eigenvalue weighted by molar-refractivity contribution is 6.49. The fourth-order valence-electron chi connectivity index (χ4n) is 1.26. The molecule has 0 aromatic carbocycles. The molecule has 2 nitrogen and oxygen atoms in total. The van der Waals surface area contributed by atoms with Crippen molar-refractivity contribution in [2.45, 2.75) is 27.7 Å². The molecule has 0 aliphatic heterocycles. The molecule has 0 unspecified atom stereocenters. The van der Waals surface area contributed by atoms with Gasteiger partial charge in [-0.1, -0.05) is 32.4 Å². The van der Waals surface area contributed by atoms with Gasteiger partial charge in [0.2, 0.25) is 5.78 Å². The number of carbonyl (C=O) groups is 2. The van der Waals surface area contributed by atoms with E-state index in [1.54, 1.807) is 6.92 Å². The van der Waals surface area contributed by atoms with Crippen LogP contribution in [0.1, 0.15) is 27.7 Å². The summed E-state index contributed by atoms with van der Waals surface area (Å²) in [6, 6.07) is 0. The van der Waals surface area contributed by atoms with Gasteiger partial charge >= 0.3 is 0 Å². The summed E-state index contributed by atoms with van der Waals surface area (Å²) in [6.45, 7) is 7.22. The average Bonchev–Trinajstić information content (AvgIpc) is 2.06. The molecule has 1 rings (SSSR count). The summed E-state index contributed by atoms with van der Waals surface area (Å²) in [5.74, 6) is -0.393. The van der Waals surface area contributed by atoms with E-state index in [4.69, 9.17) is 11.6 Å². The van der Waals surface area contributed by atoms with E-state index >= 15 is 0 Å². The van der Waals surface area contributed by atoms with Crippen molar-refractivity contribution in [2.75, 3.05) is 0 Å². The van der Waals surface area contributed by atoms with Gasteiger partial charge < -0.3 is 0 Å². The Labute approximate surface area is 88.6 Å². The van der Waals surface area contributed by atoms with E-state index in [-0.39, 0.29) is 22.0 Å². The molecule has 0 aromatic rings. The van der Waals surface area contributed by atoms with Crippen molar-refractivity contribution in [3.05, 3.63) is 22.3 Å². The first-order valence-corrected chi connectivity index (χ1v) is 4.80. The largest absolute Gasteiger partial charge is 0.290 e. The lowest BCUT2D eigenvalue weighted by molar-refractivity contribution is -0.116. The first kappa shape index (κ1) is 11.2. The van der Waals surface area contributed by atoms with Crippen LogP contribution in [0.5, 0.6) is 0 Å². The van der Waals surface area contributed by atoms with E-state index < -0.39 is 0 Å². The number of rotatable bonds is 0. The van der Waals surface area contributed by atoms with Crippen LogP contribution in [0.3, 0.4) is 0 Å². The number of carbonyl (C=O) groups excluding carboxylic acids is 2. The minimum Gasteiger partial charge on any atom is -0.290 e. The zero-order chi connectivity index (χ0) is 11.1. The standard InChI is InChI=1S/C11H13ClO2/c1-6-8(13)5-7(11(2,3)4)10(14)9(6)12/h5H,1-4H3. The van der Waals surface area contributed by atoms with Crippen LogP contribution in [0.25, 0.3) is 0 Å². The number of halogens is 1.